The van der Waals surface area contributed by atoms with Crippen LogP contribution >= 0.6 is 0 Å². The fourth-order valence-electron chi connectivity index (χ4n) is 1.45. The highest BCUT2D eigenvalue weighted by molar-refractivity contribution is 4.73. The number of nitrogens with two attached hydrogens (primary N) is 1. The molecular formula is C8H17NO. The van der Waals surface area contributed by atoms with Crippen LogP contribution < -0.4 is 5.73 Å². The van der Waals surface area contributed by atoms with Gasteiger partial charge in [-0.15, -0.1) is 0 Å². The van der Waals surface area contributed by atoms with Crippen molar-refractivity contribution >= 4 is 0 Å². The van der Waals surface area contributed by atoms with E-state index < -0.39 is 0 Å². The summed E-state index contributed by atoms with van der Waals surface area (Å²) < 4.78 is 0. The lowest BCUT2D eigenvalue weighted by Gasteiger charge is -2.28. The van der Waals surface area contributed by atoms with Gasteiger partial charge in [0.25, 0.3) is 0 Å². The summed E-state index contributed by atoms with van der Waals surface area (Å²) in [7, 11) is 0. The van der Waals surface area contributed by atoms with E-state index in [1.807, 2.05) is 0 Å². The molecule has 0 aromatic carbocycles. The maximum Gasteiger partial charge on any atom is 0.0471 e. The molecule has 10 heavy (non-hydrogen) atoms. The average molecular weight is 143 g/mol. The standard InChI is InChI=1S/C8H17NO/c9-5-8(6-10)4-7-2-1-3-7/h7-8,10H,1-6,9H2/t8-/m0/s1. The van der Waals surface area contributed by atoms with Gasteiger partial charge in [-0.05, 0) is 24.8 Å². The van der Waals surface area contributed by atoms with E-state index in [-0.39, 0.29) is 6.61 Å². The van der Waals surface area contributed by atoms with Crippen molar-refractivity contribution in [1.29, 1.82) is 0 Å². The lowest BCUT2D eigenvalue weighted by molar-refractivity contribution is 0.175. The Morgan fingerprint density at radius 2 is 2.20 bits per heavy atom. The monoisotopic (exact) mass is 143 g/mol. The van der Waals surface area contributed by atoms with Crippen LogP contribution in [-0.4, -0.2) is 18.3 Å². The van der Waals surface area contributed by atoms with Crippen LogP contribution in [0.2, 0.25) is 0 Å². The Bertz CT molecular complexity index is 87.3. The normalized spacial score (nSPS) is 22.2. The number of aliphatic hydroxyl groups is 1. The molecule has 0 bridgehead atoms. The molecule has 1 atom stereocenters. The Labute approximate surface area is 62.4 Å². The van der Waals surface area contributed by atoms with Crippen LogP contribution in [0.3, 0.4) is 0 Å². The van der Waals surface area contributed by atoms with Crippen molar-refractivity contribution in [2.24, 2.45) is 17.6 Å². The Kier molecular flexibility index (Phi) is 3.16. The lowest BCUT2D eigenvalue weighted by atomic mass is 9.79. The zero-order valence-corrected chi connectivity index (χ0v) is 6.42. The lowest BCUT2D eigenvalue weighted by Crippen LogP contribution is -2.24. The van der Waals surface area contributed by atoms with Crippen molar-refractivity contribution < 1.29 is 5.11 Å². The van der Waals surface area contributed by atoms with Crippen LogP contribution in [0, 0.1) is 11.8 Å². The zero-order chi connectivity index (χ0) is 7.40. The molecule has 60 valence electrons. The number of aliphatic hydroxyl groups excluding tert-OH is 1. The first kappa shape index (κ1) is 8.02. The van der Waals surface area contributed by atoms with E-state index in [0.717, 1.165) is 12.3 Å². The molecule has 0 amide bonds. The van der Waals surface area contributed by atoms with Crippen molar-refractivity contribution in [2.75, 3.05) is 13.2 Å². The van der Waals surface area contributed by atoms with E-state index in [1.54, 1.807) is 0 Å². The number of rotatable bonds is 4. The van der Waals surface area contributed by atoms with Crippen molar-refractivity contribution in [3.63, 3.8) is 0 Å². The molecule has 1 aliphatic carbocycles. The Hall–Kier alpha value is -0.0800. The summed E-state index contributed by atoms with van der Waals surface area (Å²) in [6, 6.07) is 0. The van der Waals surface area contributed by atoms with Crippen LogP contribution in [0.5, 0.6) is 0 Å². The first-order valence-corrected chi connectivity index (χ1v) is 4.17. The second-order valence-corrected chi connectivity index (χ2v) is 3.32. The first-order chi connectivity index (χ1) is 4.86. The zero-order valence-electron chi connectivity index (χ0n) is 6.42. The molecule has 2 nitrogen and oxygen atoms in total. The van der Waals surface area contributed by atoms with Crippen molar-refractivity contribution in [1.82, 2.24) is 0 Å². The molecule has 1 saturated carbocycles. The van der Waals surface area contributed by atoms with Crippen LogP contribution in [-0.2, 0) is 0 Å². The second-order valence-electron chi connectivity index (χ2n) is 3.32. The average Bonchev–Trinajstić information content (AvgIpc) is 1.87. The van der Waals surface area contributed by atoms with Gasteiger partial charge in [-0.25, -0.2) is 0 Å². The van der Waals surface area contributed by atoms with E-state index in [1.165, 1.54) is 19.3 Å². The van der Waals surface area contributed by atoms with Gasteiger partial charge in [-0.2, -0.15) is 0 Å². The number of hydrogen-bond donors (Lipinski definition) is 2. The molecule has 1 fully saturated rings. The third-order valence-corrected chi connectivity index (χ3v) is 2.48. The highest BCUT2D eigenvalue weighted by Gasteiger charge is 2.20. The summed E-state index contributed by atoms with van der Waals surface area (Å²) in [6.45, 7) is 0.917. The van der Waals surface area contributed by atoms with Gasteiger partial charge in [0.05, 0.1) is 0 Å². The minimum atomic E-state index is 0.271. The third-order valence-electron chi connectivity index (χ3n) is 2.48. The predicted molar refractivity (Wildman–Crippen MR) is 41.6 cm³/mol. The largest absolute Gasteiger partial charge is 0.396 e. The van der Waals surface area contributed by atoms with Gasteiger partial charge in [0, 0.05) is 6.61 Å². The maximum absolute atomic E-state index is 8.81. The van der Waals surface area contributed by atoms with Crippen LogP contribution in [0.1, 0.15) is 25.7 Å². The number of hydrogen-bond acceptors (Lipinski definition) is 2. The molecular weight excluding hydrogens is 126 g/mol. The van der Waals surface area contributed by atoms with E-state index in [9.17, 15) is 0 Å². The summed E-state index contributed by atoms with van der Waals surface area (Å²) in [5.74, 6) is 1.24. The quantitative estimate of drug-likeness (QED) is 0.610. The minimum Gasteiger partial charge on any atom is -0.396 e. The molecule has 0 saturated heterocycles. The van der Waals surface area contributed by atoms with Crippen molar-refractivity contribution in [3.05, 3.63) is 0 Å². The smallest absolute Gasteiger partial charge is 0.0471 e. The molecule has 0 unspecified atom stereocenters. The summed E-state index contributed by atoms with van der Waals surface area (Å²) >= 11 is 0. The minimum absolute atomic E-state index is 0.271. The van der Waals surface area contributed by atoms with E-state index >= 15 is 0 Å². The summed E-state index contributed by atoms with van der Waals surface area (Å²) in [5, 5.41) is 8.81. The molecule has 0 aromatic rings. The molecule has 2 heteroatoms. The maximum atomic E-state index is 8.81. The molecule has 1 aliphatic rings. The highest BCUT2D eigenvalue weighted by Crippen LogP contribution is 2.31. The third kappa shape index (κ3) is 1.96. The van der Waals surface area contributed by atoms with Crippen LogP contribution in [0.15, 0.2) is 0 Å². The fourth-order valence-corrected chi connectivity index (χ4v) is 1.45. The Morgan fingerprint density at radius 1 is 1.50 bits per heavy atom. The molecule has 0 aliphatic heterocycles. The van der Waals surface area contributed by atoms with Gasteiger partial charge < -0.3 is 10.8 Å². The van der Waals surface area contributed by atoms with Gasteiger partial charge in [-0.3, -0.25) is 0 Å². The highest BCUT2D eigenvalue weighted by atomic mass is 16.3. The van der Waals surface area contributed by atoms with E-state index in [2.05, 4.69) is 0 Å². The molecule has 0 radical (unpaired) electrons. The fraction of sp³-hybridized carbons (Fsp3) is 1.00. The SMILES string of the molecule is NC[C@@H](CO)CC1CCC1. The van der Waals surface area contributed by atoms with Gasteiger partial charge in [0.2, 0.25) is 0 Å². The van der Waals surface area contributed by atoms with Crippen LogP contribution in [0.25, 0.3) is 0 Å². The predicted octanol–water partition coefficient (Wildman–Crippen LogP) is 0.744. The Morgan fingerprint density at radius 3 is 2.50 bits per heavy atom. The topological polar surface area (TPSA) is 46.2 Å². The van der Waals surface area contributed by atoms with Crippen molar-refractivity contribution in [3.8, 4) is 0 Å². The van der Waals surface area contributed by atoms with E-state index in [0.29, 0.717) is 12.5 Å². The van der Waals surface area contributed by atoms with Gasteiger partial charge >= 0.3 is 0 Å². The summed E-state index contributed by atoms with van der Waals surface area (Å²) in [5.41, 5.74) is 5.45. The van der Waals surface area contributed by atoms with Gasteiger partial charge in [-0.1, -0.05) is 19.3 Å². The van der Waals surface area contributed by atoms with Gasteiger partial charge in [0.15, 0.2) is 0 Å². The van der Waals surface area contributed by atoms with Crippen LogP contribution in [0.4, 0.5) is 0 Å². The summed E-state index contributed by atoms with van der Waals surface area (Å²) in [6.07, 6.45) is 5.24. The molecule has 0 spiro atoms. The Balaban J connectivity index is 2.08. The van der Waals surface area contributed by atoms with E-state index in [4.69, 9.17) is 10.8 Å². The molecule has 1 rings (SSSR count). The second kappa shape index (κ2) is 3.94. The van der Waals surface area contributed by atoms with Gasteiger partial charge in [0.1, 0.15) is 0 Å². The first-order valence-electron chi connectivity index (χ1n) is 4.17. The molecule has 0 heterocycles. The molecule has 3 N–H and O–H groups in total. The summed E-state index contributed by atoms with van der Waals surface area (Å²) in [4.78, 5) is 0. The van der Waals surface area contributed by atoms with Crippen molar-refractivity contribution in [2.45, 2.75) is 25.7 Å². The molecule has 0 aromatic heterocycles.